The molecule has 0 aliphatic rings. The fourth-order valence-electron chi connectivity index (χ4n) is 2.58. The van der Waals surface area contributed by atoms with Crippen molar-refractivity contribution in [1.82, 2.24) is 19.9 Å². The lowest BCUT2D eigenvalue weighted by atomic mass is 10.1. The molecule has 0 unspecified atom stereocenters. The molecule has 0 saturated heterocycles. The first-order valence-electron chi connectivity index (χ1n) is 8.56. The molecule has 2 N–H and O–H groups in total. The fraction of sp³-hybridized carbons (Fsp3) is 0.211. The summed E-state index contributed by atoms with van der Waals surface area (Å²) in [6.45, 7) is 0.356. The first-order chi connectivity index (χ1) is 13.4. The van der Waals surface area contributed by atoms with Gasteiger partial charge < -0.3 is 4.74 Å². The molecule has 28 heavy (non-hydrogen) atoms. The molecule has 3 aromatic rings. The molecule has 0 saturated carbocycles. The largest absolute Gasteiger partial charge is 0.487 e. The number of pyridine rings is 1. The van der Waals surface area contributed by atoms with Crippen LogP contribution in [-0.2, 0) is 27.8 Å². The maximum Gasteiger partial charge on any atom is 0.233 e. The minimum Gasteiger partial charge on any atom is -0.487 e. The summed E-state index contributed by atoms with van der Waals surface area (Å²) in [5, 5.41) is 6.75. The van der Waals surface area contributed by atoms with Crippen LogP contribution in [0.15, 0.2) is 54.9 Å². The Balaban J connectivity index is 1.54. The number of benzene rings is 1. The summed E-state index contributed by atoms with van der Waals surface area (Å²) in [6.07, 6.45) is 4.81. The molecule has 146 valence electrons. The summed E-state index contributed by atoms with van der Waals surface area (Å²) >= 11 is 0. The number of aromatic nitrogens is 3. The lowest BCUT2D eigenvalue weighted by Gasteiger charge is -2.08. The minimum absolute atomic E-state index is 0.0936. The zero-order valence-corrected chi connectivity index (χ0v) is 16.1. The molecule has 0 aliphatic carbocycles. The highest BCUT2D eigenvalue weighted by Crippen LogP contribution is 2.18. The van der Waals surface area contributed by atoms with Crippen LogP contribution in [0.25, 0.3) is 11.4 Å². The number of hydrogen-bond donors (Lipinski definition) is 2. The molecule has 2 heterocycles. The quantitative estimate of drug-likeness (QED) is 0.598. The Morgan fingerprint density at radius 2 is 2.00 bits per heavy atom. The predicted molar refractivity (Wildman–Crippen MR) is 104 cm³/mol. The molecule has 0 fully saturated rings. The Labute approximate surface area is 163 Å². The number of rotatable bonds is 8. The number of carbonyl (C=O) groups is 1. The molecule has 1 amide bonds. The van der Waals surface area contributed by atoms with E-state index in [2.05, 4.69) is 15.2 Å². The van der Waals surface area contributed by atoms with E-state index >= 15 is 0 Å². The Morgan fingerprint density at radius 1 is 1.18 bits per heavy atom. The van der Waals surface area contributed by atoms with E-state index in [0.717, 1.165) is 28.8 Å². The summed E-state index contributed by atoms with van der Waals surface area (Å²) in [5.41, 5.74) is 3.48. The van der Waals surface area contributed by atoms with Crippen molar-refractivity contribution in [3.05, 3.63) is 66.0 Å². The number of aromatic amines is 1. The van der Waals surface area contributed by atoms with Crippen molar-refractivity contribution in [2.45, 2.75) is 19.4 Å². The number of sulfonamides is 1. The van der Waals surface area contributed by atoms with E-state index in [0.29, 0.717) is 18.8 Å². The van der Waals surface area contributed by atoms with Gasteiger partial charge in [-0.2, -0.15) is 5.10 Å². The Bertz CT molecular complexity index is 1030. The molecule has 0 radical (unpaired) electrons. The summed E-state index contributed by atoms with van der Waals surface area (Å²) in [6, 6.07) is 13.1. The van der Waals surface area contributed by atoms with E-state index in [4.69, 9.17) is 4.74 Å². The molecule has 1 aromatic carbocycles. The van der Waals surface area contributed by atoms with E-state index < -0.39 is 15.9 Å². The van der Waals surface area contributed by atoms with Gasteiger partial charge in [0, 0.05) is 12.6 Å². The third kappa shape index (κ3) is 5.92. The van der Waals surface area contributed by atoms with Gasteiger partial charge in [-0.15, -0.1) is 0 Å². The number of carbonyl (C=O) groups excluding carboxylic acids is 1. The topological polar surface area (TPSA) is 114 Å². The average Bonchev–Trinajstić information content (AvgIpc) is 3.19. The van der Waals surface area contributed by atoms with Gasteiger partial charge in [-0.05, 0) is 35.7 Å². The third-order valence-corrected chi connectivity index (χ3v) is 4.45. The number of hydrogen-bond acceptors (Lipinski definition) is 6. The van der Waals surface area contributed by atoms with Crippen molar-refractivity contribution in [2.24, 2.45) is 0 Å². The van der Waals surface area contributed by atoms with Crippen molar-refractivity contribution in [3.8, 4) is 17.1 Å². The van der Waals surface area contributed by atoms with E-state index in [1.807, 2.05) is 47.2 Å². The van der Waals surface area contributed by atoms with Gasteiger partial charge in [0.2, 0.25) is 15.9 Å². The van der Waals surface area contributed by atoms with Gasteiger partial charge in [0.25, 0.3) is 0 Å². The number of nitrogens with zero attached hydrogens (tertiary/aromatic N) is 2. The van der Waals surface area contributed by atoms with Crippen LogP contribution in [0.3, 0.4) is 0 Å². The van der Waals surface area contributed by atoms with Crippen molar-refractivity contribution >= 4 is 15.9 Å². The molecule has 0 aliphatic heterocycles. The summed E-state index contributed by atoms with van der Waals surface area (Å²) < 4.78 is 29.8. The lowest BCUT2D eigenvalue weighted by molar-refractivity contribution is -0.119. The second-order valence-corrected chi connectivity index (χ2v) is 8.00. The molecular formula is C19H20N4O4S. The predicted octanol–water partition coefficient (Wildman–Crippen LogP) is 2.06. The fourth-order valence-corrected chi connectivity index (χ4v) is 3.10. The molecule has 2 aromatic heterocycles. The monoisotopic (exact) mass is 400 g/mol. The van der Waals surface area contributed by atoms with Crippen molar-refractivity contribution in [3.63, 3.8) is 0 Å². The molecule has 0 atom stereocenters. The number of amides is 1. The molecular weight excluding hydrogens is 380 g/mol. The maximum absolute atomic E-state index is 11.6. The highest BCUT2D eigenvalue weighted by Gasteiger charge is 2.09. The Hall–Kier alpha value is -3.20. The average molecular weight is 400 g/mol. The normalized spacial score (nSPS) is 11.2. The third-order valence-electron chi connectivity index (χ3n) is 3.85. The van der Waals surface area contributed by atoms with E-state index in [9.17, 15) is 13.2 Å². The van der Waals surface area contributed by atoms with Crippen LogP contribution in [0.4, 0.5) is 0 Å². The van der Waals surface area contributed by atoms with Gasteiger partial charge in [-0.1, -0.05) is 24.3 Å². The van der Waals surface area contributed by atoms with Crippen molar-refractivity contribution in [2.75, 3.05) is 6.26 Å². The van der Waals surface area contributed by atoms with Crippen LogP contribution < -0.4 is 9.46 Å². The highest BCUT2D eigenvalue weighted by molar-refractivity contribution is 7.89. The zero-order valence-electron chi connectivity index (χ0n) is 15.3. The molecule has 8 nitrogen and oxygen atoms in total. The van der Waals surface area contributed by atoms with Gasteiger partial charge in [0.15, 0.2) is 0 Å². The van der Waals surface area contributed by atoms with E-state index in [-0.39, 0.29) is 6.42 Å². The first kappa shape index (κ1) is 19.6. The zero-order chi connectivity index (χ0) is 20.0. The number of aryl methyl sites for hydroxylation is 1. The Morgan fingerprint density at radius 3 is 2.68 bits per heavy atom. The smallest absolute Gasteiger partial charge is 0.233 e. The molecule has 3 rings (SSSR count). The van der Waals surface area contributed by atoms with Gasteiger partial charge in [0.1, 0.15) is 12.4 Å². The SMILES string of the molecule is CS(=O)(=O)NC(=O)CCc1cccc(COc2ccc(-c3ccn[nH]3)nc2)c1. The summed E-state index contributed by atoms with van der Waals surface area (Å²) in [5.74, 6) is 0.119. The highest BCUT2D eigenvalue weighted by atomic mass is 32.2. The van der Waals surface area contributed by atoms with Gasteiger partial charge in [0.05, 0.1) is 23.8 Å². The van der Waals surface area contributed by atoms with Crippen LogP contribution in [0.1, 0.15) is 17.5 Å². The van der Waals surface area contributed by atoms with Crippen LogP contribution in [0, 0.1) is 0 Å². The minimum atomic E-state index is -3.52. The summed E-state index contributed by atoms with van der Waals surface area (Å²) in [7, 11) is -3.52. The van der Waals surface area contributed by atoms with Gasteiger partial charge in [-0.25, -0.2) is 8.42 Å². The number of ether oxygens (including phenoxy) is 1. The van der Waals surface area contributed by atoms with Crippen molar-refractivity contribution < 1.29 is 17.9 Å². The second-order valence-electron chi connectivity index (χ2n) is 6.26. The molecule has 0 bridgehead atoms. The Kier molecular flexibility index (Phi) is 6.05. The van der Waals surface area contributed by atoms with Gasteiger partial charge >= 0.3 is 0 Å². The van der Waals surface area contributed by atoms with E-state index in [1.165, 1.54) is 0 Å². The van der Waals surface area contributed by atoms with Crippen LogP contribution >= 0.6 is 0 Å². The van der Waals surface area contributed by atoms with Gasteiger partial charge in [-0.3, -0.25) is 19.6 Å². The lowest BCUT2D eigenvalue weighted by Crippen LogP contribution is -2.29. The summed E-state index contributed by atoms with van der Waals surface area (Å²) in [4.78, 5) is 16.0. The number of H-pyrrole nitrogens is 1. The second kappa shape index (κ2) is 8.66. The van der Waals surface area contributed by atoms with Crippen LogP contribution in [0.5, 0.6) is 5.75 Å². The number of nitrogens with one attached hydrogen (secondary N) is 2. The standard InChI is InChI=1S/C19H20N4O4S/c1-28(25,26)23-19(24)8-5-14-3-2-4-15(11-14)13-27-16-6-7-17(20-12-16)18-9-10-21-22-18/h2-4,6-7,9-12H,5,8,13H2,1H3,(H,21,22)(H,23,24). The molecule has 0 spiro atoms. The first-order valence-corrected chi connectivity index (χ1v) is 10.5. The van der Waals surface area contributed by atoms with Crippen molar-refractivity contribution in [1.29, 1.82) is 0 Å². The van der Waals surface area contributed by atoms with Crippen LogP contribution in [-0.4, -0.2) is 35.8 Å². The molecule has 9 heteroatoms. The van der Waals surface area contributed by atoms with Crippen LogP contribution in [0.2, 0.25) is 0 Å². The maximum atomic E-state index is 11.6. The van der Waals surface area contributed by atoms with E-state index in [1.54, 1.807) is 12.4 Å².